The number of hydrogen-bond acceptors (Lipinski definition) is 3. The number of nitrogens with zero attached hydrogens (tertiary/aromatic N) is 3. The largest absolute Gasteiger partial charge is 0.378 e. The SMILES string of the molecule is CN(C)c1ccc(CNC(=O)c2cc3ccccn3n2)cc1. The molecule has 112 valence electrons. The summed E-state index contributed by atoms with van der Waals surface area (Å²) in [5.41, 5.74) is 3.53. The van der Waals surface area contributed by atoms with Crippen LogP contribution in [0.4, 0.5) is 5.69 Å². The molecule has 22 heavy (non-hydrogen) atoms. The molecule has 0 atom stereocenters. The van der Waals surface area contributed by atoms with Gasteiger partial charge in [0.05, 0.1) is 5.52 Å². The first-order chi connectivity index (χ1) is 10.6. The second-order valence-corrected chi connectivity index (χ2v) is 5.34. The minimum absolute atomic E-state index is 0.166. The molecule has 0 saturated carbocycles. The molecule has 0 spiro atoms. The molecule has 0 bridgehead atoms. The monoisotopic (exact) mass is 294 g/mol. The Morgan fingerprint density at radius 2 is 1.95 bits per heavy atom. The highest BCUT2D eigenvalue weighted by atomic mass is 16.1. The molecule has 0 aliphatic rings. The molecule has 3 rings (SSSR count). The Bertz CT molecular complexity index is 757. The van der Waals surface area contributed by atoms with Crippen molar-refractivity contribution in [2.45, 2.75) is 6.54 Å². The number of carbonyl (C=O) groups is 1. The molecule has 0 aliphatic carbocycles. The van der Waals surface area contributed by atoms with Crippen LogP contribution in [-0.4, -0.2) is 29.6 Å². The predicted molar refractivity (Wildman–Crippen MR) is 87.1 cm³/mol. The van der Waals surface area contributed by atoms with E-state index in [1.54, 1.807) is 10.6 Å². The zero-order valence-corrected chi connectivity index (χ0v) is 12.7. The van der Waals surface area contributed by atoms with E-state index in [1.165, 1.54) is 0 Å². The Hall–Kier alpha value is -2.82. The van der Waals surface area contributed by atoms with E-state index in [-0.39, 0.29) is 5.91 Å². The van der Waals surface area contributed by atoms with E-state index >= 15 is 0 Å². The molecular formula is C17H18N4O. The molecule has 2 heterocycles. The number of amides is 1. The number of pyridine rings is 1. The van der Waals surface area contributed by atoms with Gasteiger partial charge in [-0.05, 0) is 35.9 Å². The van der Waals surface area contributed by atoms with Gasteiger partial charge in [-0.15, -0.1) is 0 Å². The summed E-state index contributed by atoms with van der Waals surface area (Å²) in [5, 5.41) is 7.16. The van der Waals surface area contributed by atoms with E-state index in [4.69, 9.17) is 0 Å². The molecule has 0 saturated heterocycles. The van der Waals surface area contributed by atoms with E-state index < -0.39 is 0 Å². The van der Waals surface area contributed by atoms with E-state index in [1.807, 2.05) is 67.7 Å². The van der Waals surface area contributed by atoms with Crippen molar-refractivity contribution in [2.24, 2.45) is 0 Å². The number of hydrogen-bond donors (Lipinski definition) is 1. The maximum atomic E-state index is 12.2. The fourth-order valence-electron chi connectivity index (χ4n) is 2.23. The van der Waals surface area contributed by atoms with Gasteiger partial charge in [0.1, 0.15) is 0 Å². The van der Waals surface area contributed by atoms with Crippen molar-refractivity contribution in [1.29, 1.82) is 0 Å². The van der Waals surface area contributed by atoms with Crippen LogP contribution >= 0.6 is 0 Å². The Balaban J connectivity index is 1.66. The molecule has 1 aromatic carbocycles. The van der Waals surface area contributed by atoms with E-state index in [2.05, 4.69) is 10.4 Å². The lowest BCUT2D eigenvalue weighted by molar-refractivity contribution is 0.0945. The van der Waals surface area contributed by atoms with Crippen molar-refractivity contribution in [1.82, 2.24) is 14.9 Å². The Morgan fingerprint density at radius 3 is 2.64 bits per heavy atom. The lowest BCUT2D eigenvalue weighted by Crippen LogP contribution is -2.23. The highest BCUT2D eigenvalue weighted by molar-refractivity contribution is 5.93. The molecule has 0 fully saturated rings. The Labute approximate surface area is 129 Å². The van der Waals surface area contributed by atoms with E-state index in [0.717, 1.165) is 16.8 Å². The van der Waals surface area contributed by atoms with Crippen LogP contribution in [0, 0.1) is 0 Å². The number of fused-ring (bicyclic) bond motifs is 1. The molecule has 5 nitrogen and oxygen atoms in total. The maximum Gasteiger partial charge on any atom is 0.272 e. The second kappa shape index (κ2) is 5.89. The molecule has 5 heteroatoms. The molecular weight excluding hydrogens is 276 g/mol. The van der Waals surface area contributed by atoms with Crippen molar-refractivity contribution >= 4 is 17.1 Å². The van der Waals surface area contributed by atoms with Gasteiger partial charge >= 0.3 is 0 Å². The number of benzene rings is 1. The molecule has 0 radical (unpaired) electrons. The molecule has 3 aromatic rings. The van der Waals surface area contributed by atoms with Crippen LogP contribution in [0.3, 0.4) is 0 Å². The van der Waals surface area contributed by atoms with Gasteiger partial charge in [0.2, 0.25) is 0 Å². The number of anilines is 1. The zero-order chi connectivity index (χ0) is 15.5. The van der Waals surface area contributed by atoms with Crippen LogP contribution in [0.25, 0.3) is 5.52 Å². The summed E-state index contributed by atoms with van der Waals surface area (Å²) in [5.74, 6) is -0.166. The first kappa shape index (κ1) is 14.1. The summed E-state index contributed by atoms with van der Waals surface area (Å²) < 4.78 is 1.70. The van der Waals surface area contributed by atoms with Crippen molar-refractivity contribution in [3.8, 4) is 0 Å². The Morgan fingerprint density at radius 1 is 1.18 bits per heavy atom. The average molecular weight is 294 g/mol. The van der Waals surface area contributed by atoms with Gasteiger partial charge < -0.3 is 10.2 Å². The molecule has 0 aliphatic heterocycles. The van der Waals surface area contributed by atoms with Crippen molar-refractivity contribution in [2.75, 3.05) is 19.0 Å². The standard InChI is InChI=1S/C17H18N4O/c1-20(2)14-8-6-13(7-9-14)12-18-17(22)16-11-15-5-3-4-10-21(15)19-16/h3-11H,12H2,1-2H3,(H,18,22). The number of nitrogens with one attached hydrogen (secondary N) is 1. The van der Waals surface area contributed by atoms with Crippen molar-refractivity contribution in [3.63, 3.8) is 0 Å². The van der Waals surface area contributed by atoms with Gasteiger partial charge in [-0.3, -0.25) is 4.79 Å². The number of carbonyl (C=O) groups excluding carboxylic acids is 1. The van der Waals surface area contributed by atoms with Gasteiger partial charge in [0.25, 0.3) is 5.91 Å². The normalized spacial score (nSPS) is 10.6. The van der Waals surface area contributed by atoms with Gasteiger partial charge in [-0.25, -0.2) is 4.52 Å². The average Bonchev–Trinajstić information content (AvgIpc) is 2.97. The quantitative estimate of drug-likeness (QED) is 0.803. The molecule has 1 amide bonds. The van der Waals surface area contributed by atoms with Gasteiger partial charge in [0, 0.05) is 32.5 Å². The minimum atomic E-state index is -0.166. The number of rotatable bonds is 4. The summed E-state index contributed by atoms with van der Waals surface area (Å²) in [6.45, 7) is 0.487. The summed E-state index contributed by atoms with van der Waals surface area (Å²) in [6, 6.07) is 15.6. The third-order valence-corrected chi connectivity index (χ3v) is 3.51. The second-order valence-electron chi connectivity index (χ2n) is 5.34. The van der Waals surface area contributed by atoms with Gasteiger partial charge in [-0.2, -0.15) is 5.10 Å². The summed E-state index contributed by atoms with van der Waals surface area (Å²) in [6.07, 6.45) is 1.83. The fourth-order valence-corrected chi connectivity index (χ4v) is 2.23. The van der Waals surface area contributed by atoms with Crippen LogP contribution in [0.1, 0.15) is 16.1 Å². The molecule has 2 aromatic heterocycles. The van der Waals surface area contributed by atoms with Crippen LogP contribution in [0.5, 0.6) is 0 Å². The lowest BCUT2D eigenvalue weighted by atomic mass is 10.2. The minimum Gasteiger partial charge on any atom is -0.378 e. The van der Waals surface area contributed by atoms with Gasteiger partial charge in [0.15, 0.2) is 5.69 Å². The third-order valence-electron chi connectivity index (χ3n) is 3.51. The van der Waals surface area contributed by atoms with Crippen LogP contribution in [-0.2, 0) is 6.54 Å². The van der Waals surface area contributed by atoms with Gasteiger partial charge in [-0.1, -0.05) is 18.2 Å². The smallest absolute Gasteiger partial charge is 0.272 e. The number of aromatic nitrogens is 2. The van der Waals surface area contributed by atoms with Crippen LogP contribution in [0.2, 0.25) is 0 Å². The van der Waals surface area contributed by atoms with E-state index in [0.29, 0.717) is 12.2 Å². The summed E-state index contributed by atoms with van der Waals surface area (Å²) in [7, 11) is 4.00. The summed E-state index contributed by atoms with van der Waals surface area (Å²) >= 11 is 0. The van der Waals surface area contributed by atoms with Crippen molar-refractivity contribution in [3.05, 3.63) is 66.0 Å². The molecule has 1 N–H and O–H groups in total. The van der Waals surface area contributed by atoms with Crippen LogP contribution in [0.15, 0.2) is 54.7 Å². The topological polar surface area (TPSA) is 49.6 Å². The first-order valence-corrected chi connectivity index (χ1v) is 7.12. The summed E-state index contributed by atoms with van der Waals surface area (Å²) in [4.78, 5) is 14.2. The Kier molecular flexibility index (Phi) is 3.78. The highest BCUT2D eigenvalue weighted by Crippen LogP contribution is 2.12. The third kappa shape index (κ3) is 2.93. The first-order valence-electron chi connectivity index (χ1n) is 7.12. The predicted octanol–water partition coefficient (Wildman–Crippen LogP) is 2.33. The molecule has 0 unspecified atom stereocenters. The highest BCUT2D eigenvalue weighted by Gasteiger charge is 2.10. The van der Waals surface area contributed by atoms with Crippen molar-refractivity contribution < 1.29 is 4.79 Å². The maximum absolute atomic E-state index is 12.2. The van der Waals surface area contributed by atoms with Crippen LogP contribution < -0.4 is 10.2 Å². The van der Waals surface area contributed by atoms with E-state index in [9.17, 15) is 4.79 Å². The lowest BCUT2D eigenvalue weighted by Gasteiger charge is -2.12. The zero-order valence-electron chi connectivity index (χ0n) is 12.7. The fraction of sp³-hybridized carbons (Fsp3) is 0.176.